The minimum absolute atomic E-state index is 0.444. The zero-order valence-electron chi connectivity index (χ0n) is 5.50. The van der Waals surface area contributed by atoms with Gasteiger partial charge >= 0.3 is 0 Å². The number of carbonyl (C=O) groups is 1. The Morgan fingerprint density at radius 1 is 1.67 bits per heavy atom. The Hall–Kier alpha value is -0.410. The van der Waals surface area contributed by atoms with Crippen molar-refractivity contribution in [3.8, 4) is 0 Å². The summed E-state index contributed by atoms with van der Waals surface area (Å²) in [6.45, 7) is 1.31. The average Bonchev–Trinajstić information content (AvgIpc) is 1.87. The van der Waals surface area contributed by atoms with E-state index >= 15 is 0 Å². The first-order chi connectivity index (χ1) is 4.22. The van der Waals surface area contributed by atoms with Gasteiger partial charge < -0.3 is 10.2 Å². The average molecular weight is 132 g/mol. The van der Waals surface area contributed by atoms with Crippen LogP contribution < -0.4 is 0 Å². The molecule has 0 amide bonds. The molecular weight excluding hydrogens is 120 g/mol. The molecule has 0 aromatic heterocycles. The van der Waals surface area contributed by atoms with Gasteiger partial charge in [0.15, 0.2) is 5.78 Å². The first-order valence-corrected chi connectivity index (χ1v) is 3.04. The van der Waals surface area contributed by atoms with Crippen LogP contribution in [0.1, 0.15) is 19.8 Å². The van der Waals surface area contributed by atoms with E-state index < -0.39 is 18.5 Å². The maximum absolute atomic E-state index is 10.4. The van der Waals surface area contributed by atoms with Crippen LogP contribution in [0.3, 0.4) is 0 Å². The van der Waals surface area contributed by atoms with Gasteiger partial charge in [-0.3, -0.25) is 4.79 Å². The van der Waals surface area contributed by atoms with E-state index in [-0.39, 0.29) is 0 Å². The van der Waals surface area contributed by atoms with Gasteiger partial charge in [0.05, 0.1) is 0 Å². The standard InChI is InChI=1S/C6H12O3/c1-2-3-5(8)6(9)4-7/h5,7-8H,2-4H2,1H3/t5-/m1/s1. The molecule has 3 heteroatoms. The van der Waals surface area contributed by atoms with Gasteiger partial charge in [0.2, 0.25) is 0 Å². The molecule has 3 nitrogen and oxygen atoms in total. The maximum atomic E-state index is 10.4. The molecular formula is C6H12O3. The van der Waals surface area contributed by atoms with E-state index in [1.165, 1.54) is 0 Å². The van der Waals surface area contributed by atoms with Gasteiger partial charge in [-0.25, -0.2) is 0 Å². The number of hydrogen-bond donors (Lipinski definition) is 2. The van der Waals surface area contributed by atoms with Crippen LogP contribution in [-0.4, -0.2) is 28.7 Å². The van der Waals surface area contributed by atoms with Gasteiger partial charge in [-0.2, -0.15) is 0 Å². The van der Waals surface area contributed by atoms with Crippen LogP contribution in [0.4, 0.5) is 0 Å². The lowest BCUT2D eigenvalue weighted by Crippen LogP contribution is -2.22. The summed E-state index contributed by atoms with van der Waals surface area (Å²) in [5.41, 5.74) is 0. The summed E-state index contributed by atoms with van der Waals surface area (Å²) in [4.78, 5) is 10.4. The van der Waals surface area contributed by atoms with E-state index in [2.05, 4.69) is 0 Å². The van der Waals surface area contributed by atoms with E-state index in [1.54, 1.807) is 0 Å². The fraction of sp³-hybridized carbons (Fsp3) is 0.833. The molecule has 0 aliphatic heterocycles. The van der Waals surface area contributed by atoms with Crippen LogP contribution in [0.2, 0.25) is 0 Å². The van der Waals surface area contributed by atoms with Crippen molar-refractivity contribution in [2.45, 2.75) is 25.9 Å². The monoisotopic (exact) mass is 132 g/mol. The van der Waals surface area contributed by atoms with Crippen molar-refractivity contribution in [1.29, 1.82) is 0 Å². The zero-order chi connectivity index (χ0) is 7.28. The van der Waals surface area contributed by atoms with Crippen molar-refractivity contribution in [3.63, 3.8) is 0 Å². The molecule has 0 heterocycles. The third-order valence-corrected chi connectivity index (χ3v) is 1.09. The summed E-state index contributed by atoms with van der Waals surface area (Å²) in [6.07, 6.45) is 0.242. The van der Waals surface area contributed by atoms with Gasteiger partial charge in [0.25, 0.3) is 0 Å². The molecule has 0 rings (SSSR count). The Morgan fingerprint density at radius 2 is 2.22 bits per heavy atom. The Balaban J connectivity index is 3.45. The van der Waals surface area contributed by atoms with Gasteiger partial charge in [-0.15, -0.1) is 0 Å². The number of Topliss-reactive ketones (excluding diaryl/α,β-unsaturated/α-hetero) is 1. The fourth-order valence-corrected chi connectivity index (χ4v) is 0.540. The predicted octanol–water partition coefficient (Wildman–Crippen LogP) is -0.291. The second-order valence-corrected chi connectivity index (χ2v) is 1.93. The molecule has 0 radical (unpaired) electrons. The molecule has 0 bridgehead atoms. The van der Waals surface area contributed by atoms with E-state index in [0.717, 1.165) is 6.42 Å². The summed E-state index contributed by atoms with van der Waals surface area (Å²) in [6, 6.07) is 0. The third kappa shape index (κ3) is 3.21. The third-order valence-electron chi connectivity index (χ3n) is 1.09. The number of aliphatic hydroxyl groups is 2. The van der Waals surface area contributed by atoms with Crippen LogP contribution >= 0.6 is 0 Å². The van der Waals surface area contributed by atoms with E-state index in [4.69, 9.17) is 10.2 Å². The van der Waals surface area contributed by atoms with Gasteiger partial charge in [-0.1, -0.05) is 13.3 Å². The quantitative estimate of drug-likeness (QED) is 0.552. The Kier molecular flexibility index (Phi) is 4.26. The predicted molar refractivity (Wildman–Crippen MR) is 33.0 cm³/mol. The summed E-state index contributed by atoms with van der Waals surface area (Å²) < 4.78 is 0. The van der Waals surface area contributed by atoms with Crippen molar-refractivity contribution in [2.75, 3.05) is 6.61 Å². The Bertz CT molecular complexity index is 90.3. The Labute approximate surface area is 54.3 Å². The highest BCUT2D eigenvalue weighted by atomic mass is 16.3. The molecule has 9 heavy (non-hydrogen) atoms. The van der Waals surface area contributed by atoms with Crippen LogP contribution in [0.5, 0.6) is 0 Å². The van der Waals surface area contributed by atoms with E-state index in [9.17, 15) is 4.79 Å². The summed E-state index contributed by atoms with van der Waals surface area (Å²) in [5, 5.41) is 17.0. The molecule has 0 aliphatic carbocycles. The lowest BCUT2D eigenvalue weighted by molar-refractivity contribution is -0.130. The molecule has 0 unspecified atom stereocenters. The van der Waals surface area contributed by atoms with Crippen molar-refractivity contribution in [1.82, 2.24) is 0 Å². The number of hydrogen-bond acceptors (Lipinski definition) is 3. The minimum Gasteiger partial charge on any atom is -0.388 e. The van der Waals surface area contributed by atoms with Gasteiger partial charge in [0.1, 0.15) is 12.7 Å². The smallest absolute Gasteiger partial charge is 0.186 e. The Morgan fingerprint density at radius 3 is 2.56 bits per heavy atom. The zero-order valence-corrected chi connectivity index (χ0v) is 5.50. The molecule has 0 saturated heterocycles. The lowest BCUT2D eigenvalue weighted by atomic mass is 10.1. The topological polar surface area (TPSA) is 57.5 Å². The second-order valence-electron chi connectivity index (χ2n) is 1.93. The molecule has 1 atom stereocenters. The van der Waals surface area contributed by atoms with E-state index in [0.29, 0.717) is 6.42 Å². The normalized spacial score (nSPS) is 13.2. The maximum Gasteiger partial charge on any atom is 0.186 e. The summed E-state index contributed by atoms with van der Waals surface area (Å²) in [7, 11) is 0. The number of ketones is 1. The highest BCUT2D eigenvalue weighted by molar-refractivity contribution is 5.83. The molecule has 0 aliphatic rings. The minimum atomic E-state index is -0.958. The second kappa shape index (κ2) is 4.47. The van der Waals surface area contributed by atoms with Crippen molar-refractivity contribution < 1.29 is 15.0 Å². The largest absolute Gasteiger partial charge is 0.388 e. The van der Waals surface area contributed by atoms with Crippen LogP contribution in [0.25, 0.3) is 0 Å². The first kappa shape index (κ1) is 8.59. The van der Waals surface area contributed by atoms with E-state index in [1.807, 2.05) is 6.92 Å². The number of aliphatic hydroxyl groups excluding tert-OH is 2. The lowest BCUT2D eigenvalue weighted by Gasteiger charge is -2.03. The summed E-state index contributed by atoms with van der Waals surface area (Å²) >= 11 is 0. The van der Waals surface area contributed by atoms with Crippen LogP contribution in [0.15, 0.2) is 0 Å². The molecule has 0 aromatic carbocycles. The first-order valence-electron chi connectivity index (χ1n) is 3.04. The number of carbonyl (C=O) groups excluding carboxylic acids is 1. The molecule has 0 aromatic rings. The van der Waals surface area contributed by atoms with Crippen molar-refractivity contribution >= 4 is 5.78 Å². The summed E-state index contributed by atoms with van der Waals surface area (Å²) in [5.74, 6) is -0.489. The SMILES string of the molecule is CCC[C@@H](O)C(=O)CO. The molecule has 2 N–H and O–H groups in total. The van der Waals surface area contributed by atoms with Crippen LogP contribution in [-0.2, 0) is 4.79 Å². The molecule has 54 valence electrons. The van der Waals surface area contributed by atoms with Gasteiger partial charge in [0, 0.05) is 0 Å². The number of rotatable bonds is 4. The highest BCUT2D eigenvalue weighted by Crippen LogP contribution is 1.95. The van der Waals surface area contributed by atoms with Gasteiger partial charge in [-0.05, 0) is 6.42 Å². The molecule has 0 fully saturated rings. The van der Waals surface area contributed by atoms with Crippen molar-refractivity contribution in [2.24, 2.45) is 0 Å². The van der Waals surface area contributed by atoms with Crippen LogP contribution in [0, 0.1) is 0 Å². The fourth-order valence-electron chi connectivity index (χ4n) is 0.540. The van der Waals surface area contributed by atoms with Crippen molar-refractivity contribution in [3.05, 3.63) is 0 Å². The highest BCUT2D eigenvalue weighted by Gasteiger charge is 2.10. The molecule has 0 saturated carbocycles. The molecule has 0 spiro atoms.